The highest BCUT2D eigenvalue weighted by atomic mass is 16.5. The van der Waals surface area contributed by atoms with E-state index < -0.39 is 17.4 Å². The molecule has 1 heterocycles. The predicted molar refractivity (Wildman–Crippen MR) is 114 cm³/mol. The number of carbonyl (C=O) groups excluding carboxylic acids is 1. The van der Waals surface area contributed by atoms with E-state index >= 15 is 0 Å². The van der Waals surface area contributed by atoms with Crippen LogP contribution in [0.25, 0.3) is 10.9 Å². The minimum atomic E-state index is -0.593. The van der Waals surface area contributed by atoms with Gasteiger partial charge in [0.25, 0.3) is 5.91 Å². The highest BCUT2D eigenvalue weighted by Crippen LogP contribution is 2.19. The third-order valence-corrected chi connectivity index (χ3v) is 5.61. The molecule has 1 amide bonds. The number of hydrogen-bond acceptors (Lipinski definition) is 5. The van der Waals surface area contributed by atoms with Gasteiger partial charge in [-0.25, -0.2) is 0 Å². The molecule has 30 heavy (non-hydrogen) atoms. The molecule has 1 fully saturated rings. The van der Waals surface area contributed by atoms with Gasteiger partial charge in [-0.3, -0.25) is 14.3 Å². The van der Waals surface area contributed by atoms with Crippen molar-refractivity contribution < 1.29 is 14.6 Å². The van der Waals surface area contributed by atoms with Crippen LogP contribution in [0.3, 0.4) is 0 Å². The van der Waals surface area contributed by atoms with Gasteiger partial charge in [0.15, 0.2) is 5.69 Å². The second-order valence-corrected chi connectivity index (χ2v) is 7.63. The first-order chi connectivity index (χ1) is 14.6. The van der Waals surface area contributed by atoms with E-state index in [4.69, 9.17) is 4.74 Å². The van der Waals surface area contributed by atoms with Gasteiger partial charge < -0.3 is 15.2 Å². The van der Waals surface area contributed by atoms with Crippen molar-refractivity contribution in [2.24, 2.45) is 0 Å². The molecule has 1 aliphatic carbocycles. The number of hydrogen-bond donors (Lipinski definition) is 2. The molecule has 4 rings (SSSR count). The van der Waals surface area contributed by atoms with Crippen molar-refractivity contribution in [3.8, 4) is 5.75 Å². The number of benzene rings is 2. The van der Waals surface area contributed by atoms with Gasteiger partial charge in [0, 0.05) is 5.39 Å². The fourth-order valence-electron chi connectivity index (χ4n) is 3.93. The van der Waals surface area contributed by atoms with Gasteiger partial charge in [-0.15, -0.1) is 0 Å². The molecule has 7 heteroatoms. The van der Waals surface area contributed by atoms with Crippen LogP contribution in [0, 0.1) is 0 Å². The fraction of sp³-hybridized carbons (Fsp3) is 0.348. The Kier molecular flexibility index (Phi) is 5.81. The molecule has 1 saturated carbocycles. The molecule has 1 aromatic heterocycles. The fourth-order valence-corrected chi connectivity index (χ4v) is 3.93. The molecule has 2 atom stereocenters. The van der Waals surface area contributed by atoms with E-state index in [-0.39, 0.29) is 11.7 Å². The van der Waals surface area contributed by atoms with Crippen molar-refractivity contribution in [3.05, 3.63) is 70.0 Å². The van der Waals surface area contributed by atoms with Crippen molar-refractivity contribution in [2.75, 3.05) is 7.11 Å². The average molecular weight is 407 g/mol. The number of aliphatic hydroxyl groups is 1. The average Bonchev–Trinajstić information content (AvgIpc) is 2.77. The monoisotopic (exact) mass is 407 g/mol. The Hall–Kier alpha value is -3.19. The normalized spacial score (nSPS) is 18.9. The highest BCUT2D eigenvalue weighted by Gasteiger charge is 2.27. The van der Waals surface area contributed by atoms with Crippen molar-refractivity contribution in [1.29, 1.82) is 0 Å². The second kappa shape index (κ2) is 8.67. The minimum absolute atomic E-state index is 0.153. The first kappa shape index (κ1) is 20.1. The SMILES string of the molecule is COc1ccc(Cn2nc(C(=O)N[C@H]3CCCCC3O)c(=O)c3ccccc32)cc1. The number of aliphatic hydroxyl groups excluding tert-OH is 1. The number of methoxy groups -OCH3 is 1. The lowest BCUT2D eigenvalue weighted by Gasteiger charge is -2.28. The van der Waals surface area contributed by atoms with Gasteiger partial charge >= 0.3 is 0 Å². The summed E-state index contributed by atoms with van der Waals surface area (Å²) in [6.45, 7) is 0.400. The van der Waals surface area contributed by atoms with Crippen LogP contribution in [0.15, 0.2) is 53.3 Å². The number of amides is 1. The lowest BCUT2D eigenvalue weighted by molar-refractivity contribution is 0.0711. The smallest absolute Gasteiger partial charge is 0.276 e. The van der Waals surface area contributed by atoms with Gasteiger partial charge in [0.1, 0.15) is 5.75 Å². The molecule has 7 nitrogen and oxygen atoms in total. The number of nitrogens with one attached hydrogen (secondary N) is 1. The molecule has 2 N–H and O–H groups in total. The summed E-state index contributed by atoms with van der Waals surface area (Å²) < 4.78 is 6.87. The van der Waals surface area contributed by atoms with E-state index in [1.54, 1.807) is 23.9 Å². The maximum absolute atomic E-state index is 13.0. The highest BCUT2D eigenvalue weighted by molar-refractivity contribution is 5.95. The number of para-hydroxylation sites is 1. The van der Waals surface area contributed by atoms with Crippen LogP contribution in [0.1, 0.15) is 41.7 Å². The van der Waals surface area contributed by atoms with Crippen molar-refractivity contribution in [1.82, 2.24) is 15.1 Å². The molecule has 0 radical (unpaired) electrons. The summed E-state index contributed by atoms with van der Waals surface area (Å²) in [5.74, 6) is 0.211. The molecule has 0 spiro atoms. The molecule has 156 valence electrons. The molecule has 3 aromatic rings. The third kappa shape index (κ3) is 4.07. The number of aromatic nitrogens is 2. The van der Waals surface area contributed by atoms with Gasteiger partial charge in [-0.05, 0) is 42.7 Å². The summed E-state index contributed by atoms with van der Waals surface area (Å²) in [6.07, 6.45) is 2.63. The quantitative estimate of drug-likeness (QED) is 0.678. The Morgan fingerprint density at radius 2 is 1.90 bits per heavy atom. The maximum atomic E-state index is 13.0. The van der Waals surface area contributed by atoms with Crippen LogP contribution in [0.2, 0.25) is 0 Å². The van der Waals surface area contributed by atoms with E-state index in [9.17, 15) is 14.7 Å². The Morgan fingerprint density at radius 1 is 1.17 bits per heavy atom. The third-order valence-electron chi connectivity index (χ3n) is 5.61. The zero-order chi connectivity index (χ0) is 21.1. The first-order valence-electron chi connectivity index (χ1n) is 10.2. The Morgan fingerprint density at radius 3 is 2.63 bits per heavy atom. The Balaban J connectivity index is 1.70. The van der Waals surface area contributed by atoms with E-state index in [1.165, 1.54) is 0 Å². The number of nitrogens with zero attached hydrogens (tertiary/aromatic N) is 2. The van der Waals surface area contributed by atoms with Gasteiger partial charge in [0.05, 0.1) is 31.3 Å². The summed E-state index contributed by atoms with van der Waals surface area (Å²) in [6, 6.07) is 14.3. The van der Waals surface area contributed by atoms with Crippen LogP contribution < -0.4 is 15.5 Å². The zero-order valence-corrected chi connectivity index (χ0v) is 16.9. The number of fused-ring (bicyclic) bond motifs is 1. The summed E-state index contributed by atoms with van der Waals surface area (Å²) in [5, 5.41) is 17.8. The molecular formula is C23H25N3O4. The molecule has 0 aliphatic heterocycles. The maximum Gasteiger partial charge on any atom is 0.276 e. The first-order valence-corrected chi connectivity index (χ1v) is 10.2. The summed E-state index contributed by atoms with van der Waals surface area (Å²) in [4.78, 5) is 25.9. The van der Waals surface area contributed by atoms with Crippen LogP contribution in [-0.4, -0.2) is 40.0 Å². The van der Waals surface area contributed by atoms with Crippen LogP contribution in [-0.2, 0) is 6.54 Å². The molecule has 0 saturated heterocycles. The molecule has 2 aromatic carbocycles. The number of ether oxygens (including phenoxy) is 1. The lowest BCUT2D eigenvalue weighted by atomic mass is 9.92. The van der Waals surface area contributed by atoms with E-state index in [1.807, 2.05) is 36.4 Å². The van der Waals surface area contributed by atoms with Crippen molar-refractivity contribution in [2.45, 2.75) is 44.4 Å². The number of carbonyl (C=O) groups is 1. The molecule has 0 bridgehead atoms. The van der Waals surface area contributed by atoms with Gasteiger partial charge in [-0.1, -0.05) is 37.1 Å². The van der Waals surface area contributed by atoms with Crippen LogP contribution in [0.5, 0.6) is 5.75 Å². The lowest BCUT2D eigenvalue weighted by Crippen LogP contribution is -2.46. The van der Waals surface area contributed by atoms with Gasteiger partial charge in [0.2, 0.25) is 5.43 Å². The van der Waals surface area contributed by atoms with Crippen LogP contribution in [0.4, 0.5) is 0 Å². The van der Waals surface area contributed by atoms with Gasteiger partial charge in [-0.2, -0.15) is 5.10 Å². The predicted octanol–water partition coefficient (Wildman–Crippen LogP) is 2.49. The summed E-state index contributed by atoms with van der Waals surface area (Å²) in [5.41, 5.74) is 1.07. The van der Waals surface area contributed by atoms with E-state index in [2.05, 4.69) is 10.4 Å². The Bertz CT molecular complexity index is 1110. The number of rotatable bonds is 5. The minimum Gasteiger partial charge on any atom is -0.497 e. The van der Waals surface area contributed by atoms with E-state index in [0.717, 1.165) is 24.2 Å². The molecule has 1 unspecified atom stereocenters. The van der Waals surface area contributed by atoms with Crippen molar-refractivity contribution >= 4 is 16.8 Å². The summed E-state index contributed by atoms with van der Waals surface area (Å²) in [7, 11) is 1.61. The van der Waals surface area contributed by atoms with E-state index in [0.29, 0.717) is 30.3 Å². The Labute approximate surface area is 174 Å². The molecule has 1 aliphatic rings. The van der Waals surface area contributed by atoms with Crippen molar-refractivity contribution in [3.63, 3.8) is 0 Å². The second-order valence-electron chi connectivity index (χ2n) is 7.63. The topological polar surface area (TPSA) is 93.5 Å². The largest absolute Gasteiger partial charge is 0.497 e. The van der Waals surface area contributed by atoms with Crippen LogP contribution >= 0.6 is 0 Å². The zero-order valence-electron chi connectivity index (χ0n) is 16.9. The standard InChI is InChI=1S/C23H25N3O4/c1-30-16-12-10-15(11-13-16)14-26-19-8-4-2-6-17(19)22(28)21(25-26)23(29)24-18-7-3-5-9-20(18)27/h2,4,6,8,10-13,18,20,27H,3,5,7,9,14H2,1H3,(H,24,29)/t18-,20?/m0/s1. The summed E-state index contributed by atoms with van der Waals surface area (Å²) >= 11 is 0. The molecular weight excluding hydrogens is 382 g/mol.